The molecule has 0 amide bonds. The fraction of sp³-hybridized carbons (Fsp3) is 0.400. The van der Waals surface area contributed by atoms with Crippen molar-refractivity contribution in [3.63, 3.8) is 0 Å². The maximum Gasteiger partial charge on any atom is 0.0715 e. The normalized spacial score (nSPS) is 11.5. The molecule has 1 aromatic heterocycles. The average Bonchev–Trinajstić information content (AvgIpc) is 2.30. The van der Waals surface area contributed by atoms with E-state index in [1.165, 1.54) is 0 Å². The molecule has 3 nitrogen and oxygen atoms in total. The highest BCUT2D eigenvalue weighted by atomic mass is 127. The molecule has 56 valence electrons. The van der Waals surface area contributed by atoms with Crippen molar-refractivity contribution in [2.75, 3.05) is 0 Å². The Bertz CT molecular complexity index is 225. The van der Waals surface area contributed by atoms with Crippen molar-refractivity contribution in [1.82, 2.24) is 9.55 Å². The lowest BCUT2D eigenvalue weighted by Crippen LogP contribution is -1.81. The molecule has 1 unspecified atom stereocenters. The molecule has 0 saturated heterocycles. The van der Waals surface area contributed by atoms with Crippen LogP contribution in [0.3, 0.4) is 0 Å². The van der Waals surface area contributed by atoms with Gasteiger partial charge >= 0.3 is 0 Å². The lowest BCUT2D eigenvalue weighted by Gasteiger charge is -1.87. The van der Waals surface area contributed by atoms with E-state index in [2.05, 4.69) is 27.1 Å². The quantitative estimate of drug-likeness (QED) is 0.653. The third-order valence-corrected chi connectivity index (χ3v) is 3.14. The largest absolute Gasteiger partial charge is 0.392 e. The molecule has 0 bridgehead atoms. The Kier molecular flexibility index (Phi) is 3.07. The summed E-state index contributed by atoms with van der Waals surface area (Å²) in [6.45, 7) is 1.99. The van der Waals surface area contributed by atoms with E-state index in [0.29, 0.717) is 6.37 Å². The van der Waals surface area contributed by atoms with Gasteiger partial charge in [0.15, 0.2) is 0 Å². The molecule has 0 radical (unpaired) electrons. The summed E-state index contributed by atoms with van der Waals surface area (Å²) < 4.78 is 1.83. The lowest BCUT2D eigenvalue weighted by molar-refractivity contribution is 0.281. The maximum absolute atomic E-state index is 8.77. The van der Waals surface area contributed by atoms with E-state index in [4.69, 9.17) is 5.11 Å². The second kappa shape index (κ2) is 3.64. The van der Waals surface area contributed by atoms with Gasteiger partial charge < -0.3 is 5.11 Å². The summed E-state index contributed by atoms with van der Waals surface area (Å²) in [5.41, 5.74) is 1.84. The molecular formula is C5H8IN2OP. The van der Waals surface area contributed by atoms with Crippen LogP contribution < -0.4 is 0 Å². The van der Waals surface area contributed by atoms with Crippen LogP contribution in [0.2, 0.25) is 0 Å². The fourth-order valence-corrected chi connectivity index (χ4v) is 1.83. The number of aliphatic hydroxyl groups excluding tert-OH is 1. The summed E-state index contributed by atoms with van der Waals surface area (Å²) in [6, 6.07) is 0. The summed E-state index contributed by atoms with van der Waals surface area (Å²) >= 11 is 2.25. The highest BCUT2D eigenvalue weighted by Gasteiger charge is 2.00. The SMILES string of the molecule is Cc1nn(PI)cc1CO. The van der Waals surface area contributed by atoms with Crippen LogP contribution in [-0.4, -0.2) is 14.7 Å². The zero-order valence-corrected chi connectivity index (χ0v) is 8.66. The highest BCUT2D eigenvalue weighted by molar-refractivity contribution is 14.2. The van der Waals surface area contributed by atoms with Gasteiger partial charge in [-0.3, -0.25) is 0 Å². The summed E-state index contributed by atoms with van der Waals surface area (Å²) in [4.78, 5) is 0. The third kappa shape index (κ3) is 1.68. The molecule has 1 heterocycles. The number of nitrogens with zero attached hydrogens (tertiary/aromatic N) is 2. The van der Waals surface area contributed by atoms with Gasteiger partial charge in [-0.25, -0.2) is 4.45 Å². The molecule has 0 spiro atoms. The first-order valence-corrected chi connectivity index (χ1v) is 6.86. The summed E-state index contributed by atoms with van der Waals surface area (Å²) in [6.07, 6.45) is 2.49. The van der Waals surface area contributed by atoms with Gasteiger partial charge in [-0.2, -0.15) is 5.10 Å². The molecule has 0 fully saturated rings. The van der Waals surface area contributed by atoms with E-state index in [1.807, 2.05) is 17.6 Å². The van der Waals surface area contributed by atoms with Crippen molar-refractivity contribution >= 4 is 28.4 Å². The van der Waals surface area contributed by atoms with E-state index in [9.17, 15) is 0 Å². The van der Waals surface area contributed by atoms with Crippen molar-refractivity contribution in [3.8, 4) is 0 Å². The smallest absolute Gasteiger partial charge is 0.0715 e. The first-order chi connectivity index (χ1) is 4.77. The van der Waals surface area contributed by atoms with Crippen LogP contribution in [0.15, 0.2) is 6.20 Å². The van der Waals surface area contributed by atoms with Gasteiger partial charge in [-0.15, -0.1) is 0 Å². The number of hydrogen-bond acceptors (Lipinski definition) is 2. The lowest BCUT2D eigenvalue weighted by atomic mass is 10.3. The molecule has 1 aromatic rings. The van der Waals surface area contributed by atoms with Gasteiger partial charge in [0.1, 0.15) is 0 Å². The standard InChI is InChI=1S/C5H8IN2OP/c1-4-5(3-9)2-8(7-4)10-6/h2,9-10H,3H2,1H3. The molecular weight excluding hydrogens is 262 g/mol. The van der Waals surface area contributed by atoms with E-state index in [-0.39, 0.29) is 6.61 Å². The topological polar surface area (TPSA) is 38.0 Å². The van der Waals surface area contributed by atoms with Crippen LogP contribution in [0.1, 0.15) is 11.3 Å². The van der Waals surface area contributed by atoms with E-state index < -0.39 is 0 Å². The second-order valence-electron chi connectivity index (χ2n) is 1.93. The Hall–Kier alpha value is 0.330. The van der Waals surface area contributed by atoms with Crippen molar-refractivity contribution < 1.29 is 5.11 Å². The van der Waals surface area contributed by atoms with Gasteiger partial charge in [0, 0.05) is 11.8 Å². The summed E-state index contributed by atoms with van der Waals surface area (Å²) in [5.74, 6) is 0. The first kappa shape index (κ1) is 8.43. The Morgan fingerprint density at radius 2 is 2.60 bits per heavy atom. The van der Waals surface area contributed by atoms with Crippen molar-refractivity contribution in [2.45, 2.75) is 13.5 Å². The van der Waals surface area contributed by atoms with Crippen LogP contribution in [0, 0.1) is 6.92 Å². The van der Waals surface area contributed by atoms with Crippen LogP contribution >= 0.6 is 28.4 Å². The number of aryl methyl sites for hydroxylation is 1. The van der Waals surface area contributed by atoms with Crippen LogP contribution in [0.4, 0.5) is 0 Å². The minimum Gasteiger partial charge on any atom is -0.392 e. The Morgan fingerprint density at radius 1 is 1.90 bits per heavy atom. The molecule has 0 aliphatic heterocycles. The molecule has 5 heteroatoms. The molecule has 0 aromatic carbocycles. The van der Waals surface area contributed by atoms with Gasteiger partial charge in [0.05, 0.1) is 18.7 Å². The van der Waals surface area contributed by atoms with Gasteiger partial charge in [-0.1, -0.05) is 0 Å². The maximum atomic E-state index is 8.77. The average molecular weight is 270 g/mol. The molecule has 1 rings (SSSR count). The van der Waals surface area contributed by atoms with E-state index in [1.54, 1.807) is 0 Å². The van der Waals surface area contributed by atoms with E-state index >= 15 is 0 Å². The molecule has 10 heavy (non-hydrogen) atoms. The molecule has 1 N–H and O–H groups in total. The molecule has 1 atom stereocenters. The van der Waals surface area contributed by atoms with Crippen LogP contribution in [0.25, 0.3) is 0 Å². The highest BCUT2D eigenvalue weighted by Crippen LogP contribution is 2.23. The van der Waals surface area contributed by atoms with Crippen molar-refractivity contribution in [1.29, 1.82) is 0 Å². The number of rotatable bonds is 2. The van der Waals surface area contributed by atoms with Gasteiger partial charge in [0.2, 0.25) is 0 Å². The third-order valence-electron chi connectivity index (χ3n) is 1.26. The minimum absolute atomic E-state index is 0.0902. The van der Waals surface area contributed by atoms with Crippen molar-refractivity contribution in [3.05, 3.63) is 17.5 Å². The fourth-order valence-electron chi connectivity index (χ4n) is 0.694. The van der Waals surface area contributed by atoms with Crippen LogP contribution in [0.5, 0.6) is 0 Å². The van der Waals surface area contributed by atoms with E-state index in [0.717, 1.165) is 11.3 Å². The Labute approximate surface area is 74.1 Å². The van der Waals surface area contributed by atoms with Gasteiger partial charge in [0.25, 0.3) is 0 Å². The first-order valence-electron chi connectivity index (χ1n) is 2.80. The summed E-state index contributed by atoms with van der Waals surface area (Å²) in [5, 5.41) is 12.9. The minimum atomic E-state index is 0.0902. The Morgan fingerprint density at radius 3 is 2.90 bits per heavy atom. The predicted octanol–water partition coefficient (Wildman–Crippen LogP) is 1.48. The molecule has 0 aliphatic rings. The Balaban J connectivity index is 2.92. The molecule has 0 aliphatic carbocycles. The number of aliphatic hydroxyl groups is 1. The monoisotopic (exact) mass is 270 g/mol. The number of aromatic nitrogens is 2. The summed E-state index contributed by atoms with van der Waals surface area (Å²) in [7, 11) is 0. The molecule has 0 saturated carbocycles. The predicted molar refractivity (Wildman–Crippen MR) is 50.6 cm³/mol. The number of halogens is 1. The van der Waals surface area contributed by atoms with Crippen LogP contribution in [-0.2, 0) is 6.61 Å². The second-order valence-corrected chi connectivity index (χ2v) is 4.00. The zero-order valence-electron chi connectivity index (χ0n) is 5.50. The van der Waals surface area contributed by atoms with Gasteiger partial charge in [-0.05, 0) is 29.0 Å². The number of hydrogen-bond donors (Lipinski definition) is 1. The zero-order chi connectivity index (χ0) is 7.56. The van der Waals surface area contributed by atoms with Crippen molar-refractivity contribution in [2.24, 2.45) is 0 Å².